The van der Waals surface area contributed by atoms with Gasteiger partial charge >= 0.3 is 5.97 Å². The second-order valence-electron chi connectivity index (χ2n) is 4.56. The fourth-order valence-electron chi connectivity index (χ4n) is 1.85. The van der Waals surface area contributed by atoms with Gasteiger partial charge in [-0.3, -0.25) is 0 Å². The quantitative estimate of drug-likeness (QED) is 0.880. The van der Waals surface area contributed by atoms with Gasteiger partial charge in [-0.1, -0.05) is 36.4 Å². The third-order valence-electron chi connectivity index (χ3n) is 2.99. The SMILES string of the molecule is Cc1ccccc1C(=O)ONS(=O)(=O)c1ccccc1C. The number of sulfonamides is 1. The zero-order valence-corrected chi connectivity index (χ0v) is 12.5. The minimum Gasteiger partial charge on any atom is -0.351 e. The Morgan fingerprint density at radius 1 is 0.952 bits per heavy atom. The molecular weight excluding hydrogens is 290 g/mol. The molecule has 0 spiro atoms. The summed E-state index contributed by atoms with van der Waals surface area (Å²) >= 11 is 0. The highest BCUT2D eigenvalue weighted by molar-refractivity contribution is 7.89. The lowest BCUT2D eigenvalue weighted by Crippen LogP contribution is -2.28. The van der Waals surface area contributed by atoms with Gasteiger partial charge in [-0.05, 0) is 42.0 Å². The molecule has 2 aromatic carbocycles. The van der Waals surface area contributed by atoms with Crippen LogP contribution in [0, 0.1) is 13.8 Å². The van der Waals surface area contributed by atoms with E-state index in [0.717, 1.165) is 0 Å². The number of aryl methyl sites for hydroxylation is 2. The summed E-state index contributed by atoms with van der Waals surface area (Å²) in [7, 11) is -3.90. The third kappa shape index (κ3) is 3.48. The maximum absolute atomic E-state index is 12.1. The molecule has 0 amide bonds. The number of carbonyl (C=O) groups is 1. The Hall–Kier alpha value is -2.18. The molecule has 0 heterocycles. The molecule has 1 N–H and O–H groups in total. The summed E-state index contributed by atoms with van der Waals surface area (Å²) < 4.78 is 24.2. The Kier molecular flexibility index (Phi) is 4.40. The first-order valence-electron chi connectivity index (χ1n) is 6.26. The highest BCUT2D eigenvalue weighted by Gasteiger charge is 2.19. The molecule has 0 radical (unpaired) electrons. The Balaban J connectivity index is 2.15. The van der Waals surface area contributed by atoms with Crippen LogP contribution in [0.1, 0.15) is 21.5 Å². The van der Waals surface area contributed by atoms with Gasteiger partial charge in [0.15, 0.2) is 0 Å². The fourth-order valence-corrected chi connectivity index (χ4v) is 2.88. The molecule has 0 aliphatic heterocycles. The number of carbonyl (C=O) groups excluding carboxylic acids is 1. The van der Waals surface area contributed by atoms with E-state index in [1.54, 1.807) is 56.3 Å². The molecule has 0 fully saturated rings. The van der Waals surface area contributed by atoms with E-state index >= 15 is 0 Å². The van der Waals surface area contributed by atoms with Crippen molar-refractivity contribution in [2.45, 2.75) is 18.7 Å². The average Bonchev–Trinajstić information content (AvgIpc) is 2.45. The normalized spacial score (nSPS) is 11.1. The van der Waals surface area contributed by atoms with Crippen LogP contribution in [0.5, 0.6) is 0 Å². The Morgan fingerprint density at radius 3 is 2.14 bits per heavy atom. The Morgan fingerprint density at radius 2 is 1.52 bits per heavy atom. The molecule has 6 heteroatoms. The van der Waals surface area contributed by atoms with Gasteiger partial charge in [0.05, 0.1) is 10.5 Å². The van der Waals surface area contributed by atoms with Crippen LogP contribution in [0.15, 0.2) is 53.4 Å². The maximum atomic E-state index is 12.1. The second-order valence-corrected chi connectivity index (χ2v) is 6.17. The first-order valence-corrected chi connectivity index (χ1v) is 7.74. The van der Waals surface area contributed by atoms with Crippen LogP contribution in [0.25, 0.3) is 0 Å². The van der Waals surface area contributed by atoms with Crippen molar-refractivity contribution >= 4 is 16.0 Å². The molecule has 0 aliphatic rings. The van der Waals surface area contributed by atoms with Crippen molar-refractivity contribution in [2.24, 2.45) is 0 Å². The largest absolute Gasteiger partial charge is 0.358 e. The van der Waals surface area contributed by atoms with E-state index in [9.17, 15) is 13.2 Å². The molecule has 0 unspecified atom stereocenters. The molecule has 2 aromatic rings. The number of hydrogen-bond acceptors (Lipinski definition) is 4. The zero-order chi connectivity index (χ0) is 15.5. The van der Waals surface area contributed by atoms with Gasteiger partial charge in [-0.2, -0.15) is 0 Å². The standard InChI is InChI=1S/C15H15NO4S/c1-11-7-3-5-9-13(11)15(17)20-16-21(18,19)14-10-6-4-8-12(14)2/h3-10,16H,1-2H3. The van der Waals surface area contributed by atoms with Crippen molar-refractivity contribution in [1.29, 1.82) is 0 Å². The summed E-state index contributed by atoms with van der Waals surface area (Å²) in [6, 6.07) is 13.2. The van der Waals surface area contributed by atoms with Crippen molar-refractivity contribution in [1.82, 2.24) is 4.89 Å². The van der Waals surface area contributed by atoms with E-state index in [-0.39, 0.29) is 4.90 Å². The lowest BCUT2D eigenvalue weighted by molar-refractivity contribution is 0.0406. The van der Waals surface area contributed by atoms with E-state index < -0.39 is 16.0 Å². The molecule has 0 saturated heterocycles. The van der Waals surface area contributed by atoms with Gasteiger partial charge in [0, 0.05) is 0 Å². The summed E-state index contributed by atoms with van der Waals surface area (Å²) in [6.45, 7) is 3.41. The van der Waals surface area contributed by atoms with Crippen LogP contribution in [0.2, 0.25) is 0 Å². The zero-order valence-electron chi connectivity index (χ0n) is 11.7. The number of benzene rings is 2. The van der Waals surface area contributed by atoms with Crippen LogP contribution < -0.4 is 4.89 Å². The molecule has 0 atom stereocenters. The van der Waals surface area contributed by atoms with Crippen LogP contribution in [-0.2, 0) is 14.9 Å². The first kappa shape index (κ1) is 15.2. The van der Waals surface area contributed by atoms with Gasteiger partial charge in [-0.25, -0.2) is 13.2 Å². The van der Waals surface area contributed by atoms with Crippen molar-refractivity contribution in [3.63, 3.8) is 0 Å². The number of hydrogen-bond donors (Lipinski definition) is 1. The third-order valence-corrected chi connectivity index (χ3v) is 4.33. The summed E-state index contributed by atoms with van der Waals surface area (Å²) in [6.07, 6.45) is 0. The smallest absolute Gasteiger partial charge is 0.351 e. The molecule has 0 aliphatic carbocycles. The predicted molar refractivity (Wildman–Crippen MR) is 78.1 cm³/mol. The maximum Gasteiger partial charge on any atom is 0.358 e. The molecule has 0 aromatic heterocycles. The fraction of sp³-hybridized carbons (Fsp3) is 0.133. The minimum absolute atomic E-state index is 0.0718. The molecular formula is C15H15NO4S. The van der Waals surface area contributed by atoms with E-state index in [1.807, 2.05) is 4.89 Å². The minimum atomic E-state index is -3.90. The van der Waals surface area contributed by atoms with Crippen LogP contribution in [-0.4, -0.2) is 14.4 Å². The molecule has 0 saturated carbocycles. The molecule has 5 nitrogen and oxygen atoms in total. The summed E-state index contributed by atoms with van der Waals surface area (Å²) in [5, 5.41) is 0. The monoisotopic (exact) mass is 305 g/mol. The Bertz CT molecular complexity index is 769. The average molecular weight is 305 g/mol. The van der Waals surface area contributed by atoms with Crippen molar-refractivity contribution in [3.05, 3.63) is 65.2 Å². The summed E-state index contributed by atoms with van der Waals surface area (Å²) in [5.74, 6) is -0.745. The molecule has 21 heavy (non-hydrogen) atoms. The van der Waals surface area contributed by atoms with Crippen LogP contribution >= 0.6 is 0 Å². The van der Waals surface area contributed by atoms with Crippen molar-refractivity contribution < 1.29 is 18.0 Å². The molecule has 2 rings (SSSR count). The number of nitrogens with one attached hydrogen (secondary N) is 1. The lowest BCUT2D eigenvalue weighted by Gasteiger charge is -2.09. The van der Waals surface area contributed by atoms with E-state index in [0.29, 0.717) is 16.7 Å². The highest BCUT2D eigenvalue weighted by atomic mass is 32.2. The van der Waals surface area contributed by atoms with Crippen molar-refractivity contribution in [2.75, 3.05) is 0 Å². The van der Waals surface area contributed by atoms with Gasteiger partial charge < -0.3 is 4.84 Å². The predicted octanol–water partition coefficient (Wildman–Crippen LogP) is 2.35. The number of rotatable bonds is 4. The van der Waals surface area contributed by atoms with E-state index in [2.05, 4.69) is 0 Å². The first-order chi connectivity index (χ1) is 9.92. The topological polar surface area (TPSA) is 72.5 Å². The van der Waals surface area contributed by atoms with Crippen LogP contribution in [0.3, 0.4) is 0 Å². The van der Waals surface area contributed by atoms with Crippen LogP contribution in [0.4, 0.5) is 0 Å². The lowest BCUT2D eigenvalue weighted by atomic mass is 10.1. The highest BCUT2D eigenvalue weighted by Crippen LogP contribution is 2.14. The van der Waals surface area contributed by atoms with E-state index in [1.165, 1.54) is 6.07 Å². The van der Waals surface area contributed by atoms with E-state index in [4.69, 9.17) is 4.84 Å². The summed E-state index contributed by atoms with van der Waals surface area (Å²) in [5.41, 5.74) is 1.58. The second kappa shape index (κ2) is 6.07. The molecule has 110 valence electrons. The summed E-state index contributed by atoms with van der Waals surface area (Å²) in [4.78, 5) is 18.5. The van der Waals surface area contributed by atoms with Crippen molar-refractivity contribution in [3.8, 4) is 0 Å². The van der Waals surface area contributed by atoms with Gasteiger partial charge in [0.2, 0.25) is 0 Å². The molecule has 0 bridgehead atoms. The Labute approximate surface area is 123 Å². The van der Waals surface area contributed by atoms with Gasteiger partial charge in [-0.15, -0.1) is 0 Å². The van der Waals surface area contributed by atoms with Gasteiger partial charge in [0.25, 0.3) is 10.0 Å². The van der Waals surface area contributed by atoms with Gasteiger partial charge in [0.1, 0.15) is 0 Å².